The highest BCUT2D eigenvalue weighted by Gasteiger charge is 2.09. The van der Waals surface area contributed by atoms with Gasteiger partial charge in [0.25, 0.3) is 5.91 Å². The number of benzene rings is 2. The molecule has 0 spiro atoms. The number of hydrogen-bond donors (Lipinski definition) is 1. The Labute approximate surface area is 157 Å². The minimum absolute atomic E-state index is 0.156. The molecule has 0 aliphatic carbocycles. The van der Waals surface area contributed by atoms with Crippen molar-refractivity contribution in [1.29, 1.82) is 0 Å². The van der Waals surface area contributed by atoms with Crippen molar-refractivity contribution in [2.75, 3.05) is 6.61 Å². The van der Waals surface area contributed by atoms with Crippen molar-refractivity contribution in [2.45, 2.75) is 19.9 Å². The van der Waals surface area contributed by atoms with E-state index in [0.717, 1.165) is 23.5 Å². The molecule has 0 aliphatic heterocycles. The number of rotatable bonds is 7. The largest absolute Gasteiger partial charge is 0.494 e. The van der Waals surface area contributed by atoms with E-state index in [0.29, 0.717) is 29.5 Å². The van der Waals surface area contributed by atoms with E-state index in [1.54, 1.807) is 24.3 Å². The second-order valence-electron chi connectivity index (χ2n) is 5.83. The molecule has 1 heterocycles. The summed E-state index contributed by atoms with van der Waals surface area (Å²) in [6.45, 7) is 3.04. The molecule has 1 N–H and O–H groups in total. The Morgan fingerprint density at radius 3 is 2.46 bits per heavy atom. The Balaban J connectivity index is 1.57. The molecule has 3 aromatic rings. The van der Waals surface area contributed by atoms with Gasteiger partial charge in [-0.3, -0.25) is 4.79 Å². The van der Waals surface area contributed by atoms with Crippen molar-refractivity contribution in [3.63, 3.8) is 0 Å². The molecule has 5 heteroatoms. The minimum Gasteiger partial charge on any atom is -0.494 e. The zero-order valence-electron chi connectivity index (χ0n) is 14.5. The van der Waals surface area contributed by atoms with E-state index in [2.05, 4.69) is 12.2 Å². The average Bonchev–Trinajstić information content (AvgIpc) is 3.14. The lowest BCUT2D eigenvalue weighted by atomic mass is 10.2. The van der Waals surface area contributed by atoms with Crippen molar-refractivity contribution in [3.05, 3.63) is 77.0 Å². The standard InChI is InChI=1S/C21H20ClNO3/c1-2-13-25-18-9-5-16(6-10-18)21(24)23-14-19-11-12-20(26-19)15-3-7-17(22)8-4-15/h3-12H,2,13-14H2,1H3,(H,23,24). The first kappa shape index (κ1) is 18.1. The van der Waals surface area contributed by atoms with Gasteiger partial charge in [0.05, 0.1) is 13.2 Å². The van der Waals surface area contributed by atoms with E-state index in [1.807, 2.05) is 36.4 Å². The lowest BCUT2D eigenvalue weighted by molar-refractivity contribution is 0.0948. The molecule has 0 radical (unpaired) electrons. The van der Waals surface area contributed by atoms with Gasteiger partial charge in [-0.2, -0.15) is 0 Å². The molecule has 0 saturated heterocycles. The molecule has 4 nitrogen and oxygen atoms in total. The van der Waals surface area contributed by atoms with Crippen LogP contribution in [-0.4, -0.2) is 12.5 Å². The van der Waals surface area contributed by atoms with Gasteiger partial charge in [0.1, 0.15) is 17.3 Å². The Morgan fingerprint density at radius 1 is 1.04 bits per heavy atom. The van der Waals surface area contributed by atoms with E-state index >= 15 is 0 Å². The number of carbonyl (C=O) groups excluding carboxylic acids is 1. The van der Waals surface area contributed by atoms with Gasteiger partial charge < -0.3 is 14.5 Å². The highest BCUT2D eigenvalue weighted by molar-refractivity contribution is 6.30. The topological polar surface area (TPSA) is 51.5 Å². The highest BCUT2D eigenvalue weighted by atomic mass is 35.5. The van der Waals surface area contributed by atoms with Gasteiger partial charge >= 0.3 is 0 Å². The molecule has 0 atom stereocenters. The van der Waals surface area contributed by atoms with E-state index in [4.69, 9.17) is 20.8 Å². The van der Waals surface area contributed by atoms with Crippen LogP contribution in [0.4, 0.5) is 0 Å². The summed E-state index contributed by atoms with van der Waals surface area (Å²) in [4.78, 5) is 12.2. The Morgan fingerprint density at radius 2 is 1.77 bits per heavy atom. The van der Waals surface area contributed by atoms with Crippen molar-refractivity contribution in [3.8, 4) is 17.1 Å². The number of amides is 1. The predicted molar refractivity (Wildman–Crippen MR) is 103 cm³/mol. The number of ether oxygens (including phenoxy) is 1. The number of halogens is 1. The Hall–Kier alpha value is -2.72. The molecule has 0 bridgehead atoms. The summed E-state index contributed by atoms with van der Waals surface area (Å²) in [5, 5.41) is 3.54. The number of furan rings is 1. The smallest absolute Gasteiger partial charge is 0.251 e. The van der Waals surface area contributed by atoms with Crippen LogP contribution >= 0.6 is 11.6 Å². The van der Waals surface area contributed by atoms with Gasteiger partial charge in [0, 0.05) is 16.1 Å². The maximum absolute atomic E-state index is 12.2. The molecule has 2 aromatic carbocycles. The fourth-order valence-corrected chi connectivity index (χ4v) is 2.56. The van der Waals surface area contributed by atoms with Crippen LogP contribution in [0, 0.1) is 0 Å². The second kappa shape index (κ2) is 8.59. The van der Waals surface area contributed by atoms with Crippen molar-refractivity contribution < 1.29 is 13.9 Å². The maximum atomic E-state index is 12.2. The third-order valence-corrected chi connectivity index (χ3v) is 4.05. The first-order chi connectivity index (χ1) is 12.7. The monoisotopic (exact) mass is 369 g/mol. The minimum atomic E-state index is -0.156. The van der Waals surface area contributed by atoms with Crippen molar-refractivity contribution in [1.82, 2.24) is 5.32 Å². The van der Waals surface area contributed by atoms with Gasteiger partial charge in [-0.1, -0.05) is 18.5 Å². The molecule has 1 amide bonds. The molecule has 0 aliphatic rings. The number of carbonyl (C=O) groups is 1. The van der Waals surface area contributed by atoms with Crippen LogP contribution in [0.15, 0.2) is 65.1 Å². The number of nitrogens with one attached hydrogen (secondary N) is 1. The summed E-state index contributed by atoms with van der Waals surface area (Å²) in [6, 6.07) is 18.3. The van der Waals surface area contributed by atoms with Crippen LogP contribution in [-0.2, 0) is 6.54 Å². The van der Waals surface area contributed by atoms with Crippen LogP contribution in [0.2, 0.25) is 5.02 Å². The molecule has 0 fully saturated rings. The van der Waals surface area contributed by atoms with Crippen LogP contribution in [0.3, 0.4) is 0 Å². The zero-order chi connectivity index (χ0) is 18.4. The van der Waals surface area contributed by atoms with Crippen LogP contribution in [0.5, 0.6) is 5.75 Å². The summed E-state index contributed by atoms with van der Waals surface area (Å²) in [7, 11) is 0. The van der Waals surface area contributed by atoms with E-state index in [-0.39, 0.29) is 5.91 Å². The Bertz CT molecular complexity index is 854. The Kier molecular flexibility index (Phi) is 5.97. The summed E-state index contributed by atoms with van der Waals surface area (Å²) in [5.41, 5.74) is 1.52. The SMILES string of the molecule is CCCOc1ccc(C(=O)NCc2ccc(-c3ccc(Cl)cc3)o2)cc1. The third-order valence-electron chi connectivity index (χ3n) is 3.80. The molecule has 0 saturated carbocycles. The zero-order valence-corrected chi connectivity index (χ0v) is 15.3. The fraction of sp³-hybridized carbons (Fsp3) is 0.190. The lowest BCUT2D eigenvalue weighted by Crippen LogP contribution is -2.22. The van der Waals surface area contributed by atoms with Gasteiger partial charge in [-0.25, -0.2) is 0 Å². The quantitative estimate of drug-likeness (QED) is 0.613. The fourth-order valence-electron chi connectivity index (χ4n) is 2.43. The van der Waals surface area contributed by atoms with Gasteiger partial charge in [-0.05, 0) is 67.1 Å². The van der Waals surface area contributed by atoms with E-state index in [1.165, 1.54) is 0 Å². The lowest BCUT2D eigenvalue weighted by Gasteiger charge is -2.06. The van der Waals surface area contributed by atoms with Gasteiger partial charge in [0.15, 0.2) is 0 Å². The molecular weight excluding hydrogens is 350 g/mol. The first-order valence-corrected chi connectivity index (χ1v) is 8.89. The van der Waals surface area contributed by atoms with Crippen molar-refractivity contribution in [2.24, 2.45) is 0 Å². The molecular formula is C21H20ClNO3. The van der Waals surface area contributed by atoms with Gasteiger partial charge in [0.2, 0.25) is 0 Å². The van der Waals surface area contributed by atoms with Crippen LogP contribution in [0.25, 0.3) is 11.3 Å². The number of hydrogen-bond acceptors (Lipinski definition) is 3. The molecule has 3 rings (SSSR count). The van der Waals surface area contributed by atoms with Crippen LogP contribution in [0.1, 0.15) is 29.5 Å². The second-order valence-corrected chi connectivity index (χ2v) is 6.26. The normalized spacial score (nSPS) is 10.5. The maximum Gasteiger partial charge on any atom is 0.251 e. The summed E-state index contributed by atoms with van der Waals surface area (Å²) in [6.07, 6.45) is 0.948. The predicted octanol–water partition coefficient (Wildman–Crippen LogP) is 5.32. The first-order valence-electron chi connectivity index (χ1n) is 8.51. The van der Waals surface area contributed by atoms with Gasteiger partial charge in [-0.15, -0.1) is 0 Å². The summed E-state index contributed by atoms with van der Waals surface area (Å²) >= 11 is 5.90. The third kappa shape index (κ3) is 4.67. The van der Waals surface area contributed by atoms with Crippen molar-refractivity contribution >= 4 is 17.5 Å². The van der Waals surface area contributed by atoms with E-state index in [9.17, 15) is 4.79 Å². The average molecular weight is 370 g/mol. The molecule has 1 aromatic heterocycles. The van der Waals surface area contributed by atoms with Crippen LogP contribution < -0.4 is 10.1 Å². The van der Waals surface area contributed by atoms with E-state index < -0.39 is 0 Å². The highest BCUT2D eigenvalue weighted by Crippen LogP contribution is 2.23. The molecule has 0 unspecified atom stereocenters. The summed E-state index contributed by atoms with van der Waals surface area (Å²) < 4.78 is 11.3. The molecule has 134 valence electrons. The summed E-state index contributed by atoms with van der Waals surface area (Å²) in [5.74, 6) is 2.04. The molecule has 26 heavy (non-hydrogen) atoms.